The van der Waals surface area contributed by atoms with Gasteiger partial charge < -0.3 is 4.98 Å². The van der Waals surface area contributed by atoms with Crippen LogP contribution in [-0.4, -0.2) is 43.2 Å². The van der Waals surface area contributed by atoms with Gasteiger partial charge in [-0.3, -0.25) is 9.69 Å². The molecule has 3 aromatic rings. The van der Waals surface area contributed by atoms with Crippen molar-refractivity contribution in [3.05, 3.63) is 51.1 Å². The van der Waals surface area contributed by atoms with E-state index < -0.39 is 0 Å². The van der Waals surface area contributed by atoms with E-state index in [2.05, 4.69) is 58.3 Å². The zero-order chi connectivity index (χ0) is 21.3. The number of tetrazole rings is 1. The Morgan fingerprint density at radius 2 is 1.87 bits per heavy atom. The molecule has 1 N–H and O–H groups in total. The smallest absolute Gasteiger partial charge is 0.253 e. The summed E-state index contributed by atoms with van der Waals surface area (Å²) in [6.07, 6.45) is 5.87. The fourth-order valence-corrected chi connectivity index (χ4v) is 4.96. The Bertz CT molecular complexity index is 1070. The average molecular weight is 409 g/mol. The topological polar surface area (TPSA) is 79.7 Å². The lowest BCUT2D eigenvalue weighted by Crippen LogP contribution is -2.36. The van der Waals surface area contributed by atoms with E-state index in [1.54, 1.807) is 0 Å². The van der Waals surface area contributed by atoms with Crippen molar-refractivity contribution >= 4 is 10.9 Å². The number of pyridine rings is 1. The van der Waals surface area contributed by atoms with Crippen LogP contribution >= 0.6 is 0 Å². The maximum atomic E-state index is 13.3. The first-order valence-electron chi connectivity index (χ1n) is 11.2. The predicted octanol–water partition coefficient (Wildman–Crippen LogP) is 4.07. The zero-order valence-electron chi connectivity index (χ0n) is 18.5. The fourth-order valence-electron chi connectivity index (χ4n) is 4.96. The third kappa shape index (κ3) is 3.78. The standard InChI is InChI=1S/C23H32N6O/c1-5-28(6-2)21(22-25-26-27-29(22)18-10-8-7-9-11-18)19-14-17-13-15(3)12-16(4)20(17)24-23(19)30/h12-14,18,21H,5-11H2,1-4H3,(H,24,30)/t21-/m0/s1. The number of aromatic amines is 1. The highest BCUT2D eigenvalue weighted by molar-refractivity contribution is 5.83. The van der Waals surface area contributed by atoms with Crippen LogP contribution in [0.15, 0.2) is 23.0 Å². The van der Waals surface area contributed by atoms with E-state index in [1.807, 2.05) is 17.7 Å². The zero-order valence-corrected chi connectivity index (χ0v) is 18.5. The molecule has 4 rings (SSSR count). The monoisotopic (exact) mass is 408 g/mol. The first-order chi connectivity index (χ1) is 14.5. The molecule has 0 unspecified atom stereocenters. The molecule has 1 aliphatic carbocycles. The summed E-state index contributed by atoms with van der Waals surface area (Å²) < 4.78 is 1.99. The molecule has 1 aromatic carbocycles. The molecule has 0 aliphatic heterocycles. The van der Waals surface area contributed by atoms with Gasteiger partial charge in [-0.25, -0.2) is 4.68 Å². The highest BCUT2D eigenvalue weighted by Gasteiger charge is 2.31. The van der Waals surface area contributed by atoms with Crippen molar-refractivity contribution in [3.8, 4) is 0 Å². The average Bonchev–Trinajstić information content (AvgIpc) is 3.22. The minimum atomic E-state index is -0.272. The van der Waals surface area contributed by atoms with Crippen molar-refractivity contribution in [2.24, 2.45) is 0 Å². The molecule has 7 nitrogen and oxygen atoms in total. The first kappa shape index (κ1) is 20.7. The van der Waals surface area contributed by atoms with Crippen molar-refractivity contribution in [1.29, 1.82) is 0 Å². The molecule has 1 saturated carbocycles. The van der Waals surface area contributed by atoms with E-state index >= 15 is 0 Å². The van der Waals surface area contributed by atoms with Gasteiger partial charge in [-0.2, -0.15) is 0 Å². The van der Waals surface area contributed by atoms with Crippen LogP contribution in [0.3, 0.4) is 0 Å². The van der Waals surface area contributed by atoms with Gasteiger partial charge in [0.2, 0.25) is 0 Å². The highest BCUT2D eigenvalue weighted by Crippen LogP contribution is 2.33. The molecule has 1 fully saturated rings. The van der Waals surface area contributed by atoms with Crippen molar-refractivity contribution in [1.82, 2.24) is 30.1 Å². The molecular formula is C23H32N6O. The summed E-state index contributed by atoms with van der Waals surface area (Å²) in [6, 6.07) is 6.31. The molecule has 0 radical (unpaired) electrons. The Labute approximate surface area is 177 Å². The summed E-state index contributed by atoms with van der Waals surface area (Å²) in [4.78, 5) is 18.7. The number of rotatable bonds is 6. The maximum absolute atomic E-state index is 13.3. The van der Waals surface area contributed by atoms with Crippen LogP contribution in [0.25, 0.3) is 10.9 Å². The van der Waals surface area contributed by atoms with Crippen molar-refractivity contribution in [2.75, 3.05) is 13.1 Å². The van der Waals surface area contributed by atoms with Crippen molar-refractivity contribution in [3.63, 3.8) is 0 Å². The van der Waals surface area contributed by atoms with Crippen LogP contribution in [0.2, 0.25) is 0 Å². The van der Waals surface area contributed by atoms with Gasteiger partial charge in [-0.1, -0.05) is 44.7 Å². The predicted molar refractivity (Wildman–Crippen MR) is 119 cm³/mol. The van der Waals surface area contributed by atoms with Crippen LogP contribution < -0.4 is 5.56 Å². The van der Waals surface area contributed by atoms with Crippen LogP contribution in [0.4, 0.5) is 0 Å². The lowest BCUT2D eigenvalue weighted by atomic mass is 9.95. The van der Waals surface area contributed by atoms with Gasteiger partial charge >= 0.3 is 0 Å². The van der Waals surface area contributed by atoms with E-state index in [4.69, 9.17) is 0 Å². The molecule has 0 saturated heterocycles. The van der Waals surface area contributed by atoms with Gasteiger partial charge in [0, 0.05) is 5.56 Å². The molecular weight excluding hydrogens is 376 g/mol. The van der Waals surface area contributed by atoms with E-state index in [9.17, 15) is 4.79 Å². The lowest BCUT2D eigenvalue weighted by Gasteiger charge is -2.31. The number of hydrogen-bond donors (Lipinski definition) is 1. The summed E-state index contributed by atoms with van der Waals surface area (Å²) in [6.45, 7) is 9.98. The number of H-pyrrole nitrogens is 1. The summed E-state index contributed by atoms with van der Waals surface area (Å²) in [7, 11) is 0. The minimum Gasteiger partial charge on any atom is -0.321 e. The molecule has 2 aromatic heterocycles. The number of benzene rings is 1. The number of aryl methyl sites for hydroxylation is 2. The Morgan fingerprint density at radius 3 is 2.57 bits per heavy atom. The van der Waals surface area contributed by atoms with E-state index in [-0.39, 0.29) is 11.6 Å². The molecule has 1 aliphatic rings. The van der Waals surface area contributed by atoms with Gasteiger partial charge in [0.15, 0.2) is 5.82 Å². The Kier molecular flexibility index (Phi) is 5.99. The normalized spacial score (nSPS) is 16.4. The minimum absolute atomic E-state index is 0.0652. The molecule has 160 valence electrons. The molecule has 7 heteroatoms. The van der Waals surface area contributed by atoms with Gasteiger partial charge in [0.05, 0.1) is 11.6 Å². The van der Waals surface area contributed by atoms with Crippen molar-refractivity contribution < 1.29 is 0 Å². The van der Waals surface area contributed by atoms with E-state index in [0.29, 0.717) is 11.6 Å². The largest absolute Gasteiger partial charge is 0.321 e. The van der Waals surface area contributed by atoms with Crippen LogP contribution in [-0.2, 0) is 0 Å². The second-order valence-electron chi connectivity index (χ2n) is 8.50. The fraction of sp³-hybridized carbons (Fsp3) is 0.565. The number of hydrogen-bond acceptors (Lipinski definition) is 5. The van der Waals surface area contributed by atoms with Crippen LogP contribution in [0.1, 0.15) is 80.6 Å². The number of nitrogens with zero attached hydrogens (tertiary/aromatic N) is 5. The summed E-state index contributed by atoms with van der Waals surface area (Å²) >= 11 is 0. The third-order valence-corrected chi connectivity index (χ3v) is 6.48. The highest BCUT2D eigenvalue weighted by atomic mass is 16.1. The quantitative estimate of drug-likeness (QED) is 0.665. The first-order valence-corrected chi connectivity index (χ1v) is 11.2. The van der Waals surface area contributed by atoms with Crippen LogP contribution in [0, 0.1) is 13.8 Å². The van der Waals surface area contributed by atoms with Crippen LogP contribution in [0.5, 0.6) is 0 Å². The SMILES string of the molecule is CCN(CC)[C@@H](c1cc2cc(C)cc(C)c2[nH]c1=O)c1nnnn1C1CCCCC1. The van der Waals surface area contributed by atoms with Gasteiger partial charge in [-0.15, -0.1) is 5.10 Å². The Balaban J connectivity index is 1.88. The van der Waals surface area contributed by atoms with Crippen molar-refractivity contribution in [2.45, 2.75) is 71.9 Å². The second-order valence-corrected chi connectivity index (χ2v) is 8.50. The summed E-state index contributed by atoms with van der Waals surface area (Å²) in [5, 5.41) is 13.9. The molecule has 0 amide bonds. The van der Waals surface area contributed by atoms with Gasteiger partial charge in [-0.05, 0) is 73.3 Å². The Hall–Kier alpha value is -2.54. The van der Waals surface area contributed by atoms with E-state index in [1.165, 1.54) is 24.8 Å². The van der Waals surface area contributed by atoms with Gasteiger partial charge in [0.1, 0.15) is 6.04 Å². The third-order valence-electron chi connectivity index (χ3n) is 6.48. The molecule has 2 heterocycles. The number of aromatic nitrogens is 5. The molecule has 1 atom stereocenters. The maximum Gasteiger partial charge on any atom is 0.253 e. The van der Waals surface area contributed by atoms with Gasteiger partial charge in [0.25, 0.3) is 5.56 Å². The second kappa shape index (κ2) is 8.68. The number of fused-ring (bicyclic) bond motifs is 1. The van der Waals surface area contributed by atoms with E-state index in [0.717, 1.165) is 48.2 Å². The summed E-state index contributed by atoms with van der Waals surface area (Å²) in [5.41, 5.74) is 3.82. The number of nitrogens with one attached hydrogen (secondary N) is 1. The molecule has 30 heavy (non-hydrogen) atoms. The Morgan fingerprint density at radius 1 is 1.13 bits per heavy atom. The summed E-state index contributed by atoms with van der Waals surface area (Å²) in [5.74, 6) is 0.778. The molecule has 0 bridgehead atoms. The molecule has 0 spiro atoms. The lowest BCUT2D eigenvalue weighted by molar-refractivity contribution is 0.222.